The Morgan fingerprint density at radius 3 is 1.78 bits per heavy atom. The molecule has 0 aromatic heterocycles. The molecule has 0 saturated carbocycles. The summed E-state index contributed by atoms with van der Waals surface area (Å²) in [5, 5.41) is 37.0. The van der Waals surface area contributed by atoms with E-state index in [1.807, 2.05) is 45.9 Å². The highest BCUT2D eigenvalue weighted by molar-refractivity contribution is 6.13. The van der Waals surface area contributed by atoms with E-state index in [1.54, 1.807) is 91.6 Å². The Bertz CT molecular complexity index is 3050. The molecule has 2 aliphatic heterocycles. The maximum absolute atomic E-state index is 14.8. The molecule has 0 bridgehead atoms. The van der Waals surface area contributed by atoms with Crippen LogP contribution < -0.4 is 31.9 Å². The number of carbonyl (C=O) groups is 12. The average Bonchev–Trinajstić information content (AvgIpc) is 1.39. The van der Waals surface area contributed by atoms with Crippen LogP contribution in [0.1, 0.15) is 158 Å². The third-order valence-electron chi connectivity index (χ3n) is 18.1. The van der Waals surface area contributed by atoms with E-state index < -0.39 is 150 Å². The van der Waals surface area contributed by atoms with Crippen molar-refractivity contribution >= 4 is 76.8 Å². The van der Waals surface area contributed by atoms with Crippen molar-refractivity contribution in [3.05, 3.63) is 77.9 Å². The molecule has 4 rings (SSSR count). The van der Waals surface area contributed by atoms with Gasteiger partial charge in [0.25, 0.3) is 11.8 Å². The van der Waals surface area contributed by atoms with Crippen LogP contribution in [-0.2, 0) is 73.6 Å². The Morgan fingerprint density at radius 1 is 0.663 bits per heavy atom. The highest BCUT2D eigenvalue weighted by Gasteiger charge is 2.44. The van der Waals surface area contributed by atoms with Crippen LogP contribution in [0.3, 0.4) is 0 Å². The number of anilines is 1. The molecule has 27 heteroatoms. The predicted octanol–water partition coefficient (Wildman–Crippen LogP) is 5.24. The largest absolute Gasteiger partial charge is 0.481 e. The summed E-state index contributed by atoms with van der Waals surface area (Å²) in [6.45, 7) is 21.7. The number of aliphatic carboxylic acids is 1. The summed E-state index contributed by atoms with van der Waals surface area (Å²) < 4.78 is 17.7. The SMILES string of the molecule is CC[C@H](C)[C@@H]([C@@H](CC(=O)N1CCC[C@H]1[C@H](OC)[C@@H](C)C(=O)N[C@H](C)[C@@H](O)c1ccccc1)OC)N(C)C(=O)[C@@H](NC(=O)[C@H](C(C)C)N(C)C(=O)OCc1ccc(NC(=O)[C@H](CCC(=O)O)NC(=O)[C@H](CC(C)C)NC(=O)[C@@H](CC(C)C)NC(=O)CCN2C(=O)C=CC2=O)cc1)C(C)C. The molecule has 544 valence electrons. The van der Waals surface area contributed by atoms with Gasteiger partial charge >= 0.3 is 12.1 Å². The number of rotatable bonds is 39. The standard InChI is InChI=1S/C71H108N10O17/c1-17-44(10)62(54(96-15)38-58(85)80-34-21-24-53(80)64(97-16)45(11)65(89)72-46(12)63(88)48-22-19-18-20-23-48)78(13)70(94)60(42(6)7)77-69(93)61(43(8)9)79(14)71(95)98-39-47-25-27-49(28-26-47)73-66(90)50(29-32-59(86)87)75-68(92)52(37-41(4)5)76-67(91)51(36-40(2)3)74-55(82)33-35-81-56(83)30-31-57(81)84/h18-20,22-23,25-28,30-31,40-46,50-54,60-64,88H,17,21,24,29,32-39H2,1-16H3,(H,72,89)(H,73,90)(H,74,82)(H,75,92)(H,76,91)(H,77,93)(H,86,87)/t44-,45+,46+,50-,51+,52-,53-,54+,60-,61-,62-,63+,64+/m0/s1. The first-order chi connectivity index (χ1) is 46.1. The lowest BCUT2D eigenvalue weighted by Gasteiger charge is -2.41. The van der Waals surface area contributed by atoms with Gasteiger partial charge in [0.2, 0.25) is 47.3 Å². The molecule has 1 saturated heterocycles. The van der Waals surface area contributed by atoms with E-state index in [-0.39, 0.29) is 80.5 Å². The number of benzene rings is 2. The normalized spacial score (nSPS) is 17.5. The Balaban J connectivity index is 1.40. The van der Waals surface area contributed by atoms with E-state index in [0.717, 1.165) is 22.0 Å². The maximum Gasteiger partial charge on any atom is 0.410 e. The van der Waals surface area contributed by atoms with Gasteiger partial charge < -0.3 is 66.1 Å². The Kier molecular flexibility index (Phi) is 33.0. The number of hydrogen-bond donors (Lipinski definition) is 8. The molecule has 0 spiro atoms. The molecule has 11 amide bonds. The van der Waals surface area contributed by atoms with Crippen molar-refractivity contribution < 1.29 is 82.0 Å². The Hall–Kier alpha value is -8.30. The molecular weight excluding hydrogens is 1260 g/mol. The summed E-state index contributed by atoms with van der Waals surface area (Å²) in [5.74, 6) is -8.93. The second-order valence-electron chi connectivity index (χ2n) is 27.4. The number of likely N-dealkylation sites (N-methyl/N-ethyl adjacent to an activating group) is 2. The van der Waals surface area contributed by atoms with Crippen LogP contribution in [0.4, 0.5) is 10.5 Å². The molecular formula is C71H108N10O17. The molecule has 1 fully saturated rings. The number of carbonyl (C=O) groups excluding carboxylic acids is 11. The lowest BCUT2D eigenvalue weighted by Crippen LogP contribution is -2.60. The Labute approximate surface area is 577 Å². The van der Waals surface area contributed by atoms with Crippen LogP contribution in [-0.4, -0.2) is 203 Å². The summed E-state index contributed by atoms with van der Waals surface area (Å²) >= 11 is 0. The van der Waals surface area contributed by atoms with Gasteiger partial charge in [-0.1, -0.05) is 125 Å². The predicted molar refractivity (Wildman–Crippen MR) is 366 cm³/mol. The van der Waals surface area contributed by atoms with E-state index in [0.29, 0.717) is 36.9 Å². The van der Waals surface area contributed by atoms with Gasteiger partial charge in [-0.05, 0) is 91.9 Å². The van der Waals surface area contributed by atoms with Gasteiger partial charge in [-0.3, -0.25) is 62.5 Å². The third-order valence-corrected chi connectivity index (χ3v) is 18.1. The van der Waals surface area contributed by atoms with Crippen LogP contribution >= 0.6 is 0 Å². The van der Waals surface area contributed by atoms with E-state index in [9.17, 15) is 67.7 Å². The minimum Gasteiger partial charge on any atom is -0.481 e. The van der Waals surface area contributed by atoms with Crippen molar-refractivity contribution in [2.75, 3.05) is 46.7 Å². The number of methoxy groups -OCH3 is 2. The highest BCUT2D eigenvalue weighted by atomic mass is 16.6. The zero-order valence-corrected chi connectivity index (χ0v) is 60.0. The fourth-order valence-corrected chi connectivity index (χ4v) is 12.5. The summed E-state index contributed by atoms with van der Waals surface area (Å²) in [7, 11) is 6.03. The topological polar surface area (TPSA) is 358 Å². The number of imide groups is 1. The van der Waals surface area contributed by atoms with Crippen LogP contribution in [0.5, 0.6) is 0 Å². The third kappa shape index (κ3) is 24.0. The number of hydrogen-bond acceptors (Lipinski definition) is 16. The molecule has 0 aliphatic carbocycles. The second kappa shape index (κ2) is 39.3. The number of nitrogens with one attached hydrogen (secondary N) is 6. The second-order valence-corrected chi connectivity index (χ2v) is 27.4. The van der Waals surface area contributed by atoms with Crippen molar-refractivity contribution in [3.63, 3.8) is 0 Å². The number of aliphatic hydroxyl groups excluding tert-OH is 1. The highest BCUT2D eigenvalue weighted by Crippen LogP contribution is 2.31. The van der Waals surface area contributed by atoms with Gasteiger partial charge in [0.05, 0.1) is 48.8 Å². The summed E-state index contributed by atoms with van der Waals surface area (Å²) in [4.78, 5) is 167. The smallest absolute Gasteiger partial charge is 0.410 e. The molecule has 13 atom stereocenters. The van der Waals surface area contributed by atoms with Crippen molar-refractivity contribution in [1.82, 2.24) is 46.2 Å². The van der Waals surface area contributed by atoms with E-state index in [1.165, 1.54) is 38.3 Å². The molecule has 0 radical (unpaired) electrons. The van der Waals surface area contributed by atoms with Gasteiger partial charge in [0.1, 0.15) is 36.8 Å². The molecule has 2 aromatic rings. The first kappa shape index (κ1) is 82.1. The molecule has 2 aromatic carbocycles. The first-order valence-corrected chi connectivity index (χ1v) is 34.1. The van der Waals surface area contributed by atoms with E-state index in [4.69, 9.17) is 14.2 Å². The number of likely N-dealkylation sites (tertiary alicyclic amines) is 1. The van der Waals surface area contributed by atoms with Gasteiger partial charge in [0, 0.05) is 72.1 Å². The van der Waals surface area contributed by atoms with Crippen molar-refractivity contribution in [2.45, 2.75) is 214 Å². The average molecular weight is 1370 g/mol. The zero-order chi connectivity index (χ0) is 73.4. The minimum atomic E-state index is -1.39. The molecule has 98 heavy (non-hydrogen) atoms. The number of amides is 11. The van der Waals surface area contributed by atoms with Crippen molar-refractivity contribution in [3.8, 4) is 0 Å². The lowest BCUT2D eigenvalue weighted by molar-refractivity contribution is -0.148. The molecule has 2 aliphatic rings. The zero-order valence-electron chi connectivity index (χ0n) is 60.0. The lowest BCUT2D eigenvalue weighted by atomic mass is 9.89. The molecule has 8 N–H and O–H groups in total. The van der Waals surface area contributed by atoms with Crippen molar-refractivity contribution in [1.29, 1.82) is 0 Å². The fourth-order valence-electron chi connectivity index (χ4n) is 12.5. The van der Waals surface area contributed by atoms with Crippen LogP contribution in [0.15, 0.2) is 66.7 Å². The summed E-state index contributed by atoms with van der Waals surface area (Å²) in [6.07, 6.45) is -0.182. The summed E-state index contributed by atoms with van der Waals surface area (Å²) in [6, 6.07) is 7.51. The molecule has 27 nitrogen and oxygen atoms in total. The number of aliphatic hydroxyl groups is 1. The van der Waals surface area contributed by atoms with Crippen LogP contribution in [0.2, 0.25) is 0 Å². The van der Waals surface area contributed by atoms with E-state index >= 15 is 0 Å². The number of carboxylic acid groups (broad SMARTS) is 1. The number of carboxylic acids is 1. The van der Waals surface area contributed by atoms with Crippen molar-refractivity contribution in [2.24, 2.45) is 35.5 Å². The van der Waals surface area contributed by atoms with E-state index in [2.05, 4.69) is 31.9 Å². The van der Waals surface area contributed by atoms with Crippen LogP contribution in [0, 0.1) is 35.5 Å². The Morgan fingerprint density at radius 2 is 1.24 bits per heavy atom. The monoisotopic (exact) mass is 1370 g/mol. The number of nitrogens with zero attached hydrogens (tertiary/aromatic N) is 4. The molecule has 2 heterocycles. The number of ether oxygens (including phenoxy) is 3. The maximum atomic E-state index is 14.8. The van der Waals surface area contributed by atoms with Gasteiger partial charge in [-0.15, -0.1) is 0 Å². The summed E-state index contributed by atoms with van der Waals surface area (Å²) in [5.41, 5.74) is 1.37. The quantitative estimate of drug-likeness (QED) is 0.0397. The van der Waals surface area contributed by atoms with Gasteiger partial charge in [-0.2, -0.15) is 0 Å². The van der Waals surface area contributed by atoms with Crippen LogP contribution in [0.25, 0.3) is 0 Å². The fraction of sp³-hybridized carbons (Fsp3) is 0.634. The molecule has 0 unspecified atom stereocenters. The van der Waals surface area contributed by atoms with Gasteiger partial charge in [-0.25, -0.2) is 4.79 Å². The van der Waals surface area contributed by atoms with Gasteiger partial charge in [0.15, 0.2) is 0 Å². The first-order valence-electron chi connectivity index (χ1n) is 34.1. The minimum absolute atomic E-state index is 0.0989.